The van der Waals surface area contributed by atoms with E-state index < -0.39 is 0 Å². The summed E-state index contributed by atoms with van der Waals surface area (Å²) in [5.74, 6) is 9.28. The predicted octanol–water partition coefficient (Wildman–Crippen LogP) is 1.96. The molecule has 1 aromatic rings. The van der Waals surface area contributed by atoms with Gasteiger partial charge in [0.05, 0.1) is 0 Å². The number of nitrogen functional groups attached to an aromatic ring is 1. The number of nitrogens with one attached hydrogen (secondary N) is 1. The zero-order valence-corrected chi connectivity index (χ0v) is 13.0. The summed E-state index contributed by atoms with van der Waals surface area (Å²) in [6.07, 6.45) is 0.813. The first-order chi connectivity index (χ1) is 8.96. The molecule has 5 nitrogen and oxygen atoms in total. The highest BCUT2D eigenvalue weighted by atomic mass is 32.2. The normalized spacial score (nSPS) is 18.5. The monoisotopic (exact) mass is 281 g/mol. The number of thioether (sulfide) groups is 1. The molecule has 0 amide bonds. The van der Waals surface area contributed by atoms with Crippen LogP contribution in [0.3, 0.4) is 0 Å². The number of hydrogen-bond donors (Lipinski definition) is 2. The first-order valence-corrected chi connectivity index (χ1v) is 7.68. The third kappa shape index (κ3) is 3.12. The Morgan fingerprint density at radius 3 is 2.74 bits per heavy atom. The van der Waals surface area contributed by atoms with Gasteiger partial charge in [-0.3, -0.25) is 0 Å². The molecular formula is C13H23N5S. The fourth-order valence-electron chi connectivity index (χ4n) is 2.35. The van der Waals surface area contributed by atoms with Crippen molar-refractivity contribution in [3.63, 3.8) is 0 Å². The molecule has 3 N–H and O–H groups in total. The Labute approximate surface area is 119 Å². The SMILES string of the molecule is CCc1nc(NN)c(C)c(N2CCSC(C)(C)C2)n1. The number of aryl methyl sites for hydroxylation is 1. The quantitative estimate of drug-likeness (QED) is 0.652. The molecule has 2 heterocycles. The van der Waals surface area contributed by atoms with E-state index in [1.165, 1.54) is 0 Å². The minimum Gasteiger partial charge on any atom is -0.354 e. The number of nitrogens with zero attached hydrogens (tertiary/aromatic N) is 3. The number of hydrogen-bond acceptors (Lipinski definition) is 6. The van der Waals surface area contributed by atoms with Gasteiger partial charge < -0.3 is 10.3 Å². The summed E-state index contributed by atoms with van der Waals surface area (Å²) in [5, 5.41) is 0. The number of nitrogens with two attached hydrogens (primary N) is 1. The maximum absolute atomic E-state index is 5.56. The lowest BCUT2D eigenvalue weighted by molar-refractivity contribution is 0.638. The molecule has 19 heavy (non-hydrogen) atoms. The lowest BCUT2D eigenvalue weighted by atomic mass is 10.1. The molecule has 0 aliphatic carbocycles. The fraction of sp³-hybridized carbons (Fsp3) is 0.692. The van der Waals surface area contributed by atoms with E-state index >= 15 is 0 Å². The average Bonchev–Trinajstić information content (AvgIpc) is 2.38. The molecular weight excluding hydrogens is 258 g/mol. The van der Waals surface area contributed by atoms with Crippen LogP contribution < -0.4 is 16.2 Å². The summed E-state index contributed by atoms with van der Waals surface area (Å²) in [6, 6.07) is 0. The lowest BCUT2D eigenvalue weighted by Gasteiger charge is -2.39. The Bertz CT molecular complexity index is 461. The topological polar surface area (TPSA) is 67.1 Å². The van der Waals surface area contributed by atoms with Crippen LogP contribution in [0.2, 0.25) is 0 Å². The van der Waals surface area contributed by atoms with Crippen LogP contribution in [-0.4, -0.2) is 33.6 Å². The molecule has 0 saturated carbocycles. The molecule has 0 bridgehead atoms. The van der Waals surface area contributed by atoms with Crippen LogP contribution in [0.1, 0.15) is 32.2 Å². The van der Waals surface area contributed by atoms with Crippen molar-refractivity contribution < 1.29 is 0 Å². The zero-order valence-electron chi connectivity index (χ0n) is 12.2. The van der Waals surface area contributed by atoms with Crippen molar-refractivity contribution in [2.24, 2.45) is 5.84 Å². The summed E-state index contributed by atoms with van der Waals surface area (Å²) in [4.78, 5) is 11.5. The van der Waals surface area contributed by atoms with E-state index in [4.69, 9.17) is 10.8 Å². The summed E-state index contributed by atoms with van der Waals surface area (Å²) in [7, 11) is 0. The molecule has 6 heteroatoms. The smallest absolute Gasteiger partial charge is 0.148 e. The Kier molecular flexibility index (Phi) is 4.20. The third-order valence-corrected chi connectivity index (χ3v) is 4.64. The van der Waals surface area contributed by atoms with E-state index in [1.54, 1.807) is 0 Å². The second-order valence-electron chi connectivity index (χ2n) is 5.46. The second-order valence-corrected chi connectivity index (χ2v) is 7.27. The third-order valence-electron chi connectivity index (χ3n) is 3.34. The maximum atomic E-state index is 5.56. The van der Waals surface area contributed by atoms with Gasteiger partial charge in [-0.05, 0) is 20.8 Å². The summed E-state index contributed by atoms with van der Waals surface area (Å²) >= 11 is 2.02. The number of aromatic nitrogens is 2. The minimum atomic E-state index is 0.262. The van der Waals surface area contributed by atoms with Gasteiger partial charge in [0.25, 0.3) is 0 Å². The lowest BCUT2D eigenvalue weighted by Crippen LogP contribution is -2.44. The molecule has 0 unspecified atom stereocenters. The van der Waals surface area contributed by atoms with Crippen molar-refractivity contribution in [3.05, 3.63) is 11.4 Å². The van der Waals surface area contributed by atoms with Crippen LogP contribution in [0.25, 0.3) is 0 Å². The maximum Gasteiger partial charge on any atom is 0.148 e. The van der Waals surface area contributed by atoms with Crippen LogP contribution in [0.5, 0.6) is 0 Å². The molecule has 1 aliphatic heterocycles. The number of rotatable bonds is 3. The Morgan fingerprint density at radius 2 is 2.16 bits per heavy atom. The molecule has 2 rings (SSSR count). The second kappa shape index (κ2) is 5.54. The van der Waals surface area contributed by atoms with E-state index in [9.17, 15) is 0 Å². The van der Waals surface area contributed by atoms with E-state index in [-0.39, 0.29) is 4.75 Å². The predicted molar refractivity (Wildman–Crippen MR) is 82.7 cm³/mol. The highest BCUT2D eigenvalue weighted by Crippen LogP contribution is 2.33. The zero-order chi connectivity index (χ0) is 14.0. The molecule has 0 spiro atoms. The highest BCUT2D eigenvalue weighted by molar-refractivity contribution is 8.00. The van der Waals surface area contributed by atoms with Crippen LogP contribution in [0, 0.1) is 6.92 Å². The van der Waals surface area contributed by atoms with E-state index in [1.807, 2.05) is 18.7 Å². The van der Waals surface area contributed by atoms with Crippen molar-refractivity contribution in [1.29, 1.82) is 0 Å². The molecule has 1 fully saturated rings. The van der Waals surface area contributed by atoms with E-state index in [2.05, 4.69) is 36.1 Å². The standard InChI is InChI=1S/C13H23N5S/c1-5-10-15-11(17-14)9(2)12(16-10)18-6-7-19-13(3,4)8-18/h5-8,14H2,1-4H3,(H,15,16,17). The van der Waals surface area contributed by atoms with Crippen molar-refractivity contribution in [2.75, 3.05) is 29.2 Å². The van der Waals surface area contributed by atoms with Gasteiger partial charge >= 0.3 is 0 Å². The molecule has 106 valence electrons. The fourth-order valence-corrected chi connectivity index (χ4v) is 3.47. The Morgan fingerprint density at radius 1 is 1.42 bits per heavy atom. The van der Waals surface area contributed by atoms with Crippen molar-refractivity contribution in [1.82, 2.24) is 9.97 Å². The summed E-state index contributed by atoms with van der Waals surface area (Å²) < 4.78 is 0.262. The van der Waals surface area contributed by atoms with E-state index in [0.717, 1.165) is 48.3 Å². The largest absolute Gasteiger partial charge is 0.354 e. The van der Waals surface area contributed by atoms with Crippen LogP contribution >= 0.6 is 11.8 Å². The Balaban J connectivity index is 2.37. The van der Waals surface area contributed by atoms with Gasteiger partial charge in [-0.2, -0.15) is 11.8 Å². The van der Waals surface area contributed by atoms with Crippen LogP contribution in [0.4, 0.5) is 11.6 Å². The first kappa shape index (κ1) is 14.4. The van der Waals surface area contributed by atoms with Gasteiger partial charge in [0.15, 0.2) is 0 Å². The number of hydrazine groups is 1. The van der Waals surface area contributed by atoms with Gasteiger partial charge in [0.2, 0.25) is 0 Å². The summed E-state index contributed by atoms with van der Waals surface area (Å²) in [6.45, 7) is 10.7. The molecule has 0 radical (unpaired) electrons. The van der Waals surface area contributed by atoms with Crippen LogP contribution in [0.15, 0.2) is 0 Å². The van der Waals surface area contributed by atoms with E-state index in [0.29, 0.717) is 0 Å². The van der Waals surface area contributed by atoms with Gasteiger partial charge in [0.1, 0.15) is 17.5 Å². The van der Waals surface area contributed by atoms with Crippen LogP contribution in [-0.2, 0) is 6.42 Å². The van der Waals surface area contributed by atoms with Gasteiger partial charge in [-0.15, -0.1) is 0 Å². The van der Waals surface area contributed by atoms with Gasteiger partial charge in [-0.25, -0.2) is 15.8 Å². The first-order valence-electron chi connectivity index (χ1n) is 6.70. The van der Waals surface area contributed by atoms with Gasteiger partial charge in [0, 0.05) is 35.6 Å². The molecule has 1 saturated heterocycles. The molecule has 0 atom stereocenters. The van der Waals surface area contributed by atoms with Gasteiger partial charge in [-0.1, -0.05) is 6.92 Å². The Hall–Kier alpha value is -1.01. The number of anilines is 2. The van der Waals surface area contributed by atoms with Crippen molar-refractivity contribution in [2.45, 2.75) is 38.9 Å². The summed E-state index contributed by atoms with van der Waals surface area (Å²) in [5.41, 5.74) is 3.72. The average molecular weight is 281 g/mol. The molecule has 1 aliphatic rings. The van der Waals surface area contributed by atoms with Crippen molar-refractivity contribution >= 4 is 23.4 Å². The molecule has 0 aromatic carbocycles. The minimum absolute atomic E-state index is 0.262. The van der Waals surface area contributed by atoms with Crippen molar-refractivity contribution in [3.8, 4) is 0 Å². The molecule has 1 aromatic heterocycles. The highest BCUT2D eigenvalue weighted by Gasteiger charge is 2.29.